The van der Waals surface area contributed by atoms with Gasteiger partial charge in [-0.15, -0.1) is 11.3 Å². The van der Waals surface area contributed by atoms with Crippen molar-refractivity contribution >= 4 is 34.2 Å². The summed E-state index contributed by atoms with van der Waals surface area (Å²) < 4.78 is 2.17. The molecule has 8 heteroatoms. The number of amides is 2. The molecule has 0 atom stereocenters. The van der Waals surface area contributed by atoms with Crippen molar-refractivity contribution in [2.24, 2.45) is 0 Å². The lowest BCUT2D eigenvalue weighted by atomic mass is 10.3. The van der Waals surface area contributed by atoms with Crippen LogP contribution in [0.25, 0.3) is 21.7 Å². The summed E-state index contributed by atoms with van der Waals surface area (Å²) in [6.07, 6.45) is 2.50. The standard InChI is InChI=1S/C21H19N5O2S/c1-2-13-26-16-9-4-3-7-14(16)23-19(26)17-10-11-18(29-17)21(28)25-24-20(27)15-8-5-6-12-22-15/h3-12H,2,13H2,1H3,(H,24,27)(H,25,28). The Labute approximate surface area is 171 Å². The molecule has 0 aliphatic carbocycles. The van der Waals surface area contributed by atoms with Crippen molar-refractivity contribution in [3.8, 4) is 10.7 Å². The largest absolute Gasteiger partial charge is 0.323 e. The van der Waals surface area contributed by atoms with Crippen LogP contribution in [0.2, 0.25) is 0 Å². The van der Waals surface area contributed by atoms with Gasteiger partial charge in [-0.1, -0.05) is 25.1 Å². The molecule has 0 fully saturated rings. The van der Waals surface area contributed by atoms with Gasteiger partial charge in [-0.3, -0.25) is 25.4 Å². The molecule has 0 saturated carbocycles. The molecule has 0 bridgehead atoms. The molecule has 7 nitrogen and oxygen atoms in total. The van der Waals surface area contributed by atoms with Crippen molar-refractivity contribution < 1.29 is 9.59 Å². The minimum atomic E-state index is -0.472. The SMILES string of the molecule is CCCn1c(-c2ccc(C(=O)NNC(=O)c3ccccn3)s2)nc2ccccc21. The molecule has 29 heavy (non-hydrogen) atoms. The van der Waals surface area contributed by atoms with Crippen LogP contribution < -0.4 is 10.9 Å². The number of nitrogens with one attached hydrogen (secondary N) is 2. The summed E-state index contributed by atoms with van der Waals surface area (Å²) in [6, 6.07) is 16.6. The van der Waals surface area contributed by atoms with Gasteiger partial charge < -0.3 is 4.57 Å². The molecule has 146 valence electrons. The van der Waals surface area contributed by atoms with Crippen LogP contribution in [0.1, 0.15) is 33.5 Å². The average Bonchev–Trinajstić information content (AvgIpc) is 3.38. The molecule has 0 unspecified atom stereocenters. The number of imidazole rings is 1. The van der Waals surface area contributed by atoms with Crippen molar-refractivity contribution in [2.75, 3.05) is 0 Å². The van der Waals surface area contributed by atoms with Crippen LogP contribution in [0.15, 0.2) is 60.8 Å². The first-order valence-electron chi connectivity index (χ1n) is 9.24. The molecule has 3 heterocycles. The third kappa shape index (κ3) is 3.88. The number of rotatable bonds is 5. The van der Waals surface area contributed by atoms with Crippen molar-refractivity contribution in [3.05, 3.63) is 71.4 Å². The Morgan fingerprint density at radius 1 is 1.00 bits per heavy atom. The minimum absolute atomic E-state index is 0.230. The summed E-state index contributed by atoms with van der Waals surface area (Å²) >= 11 is 1.33. The molecule has 0 spiro atoms. The first kappa shape index (κ1) is 18.8. The second-order valence-corrected chi connectivity index (χ2v) is 7.45. The van der Waals surface area contributed by atoms with Gasteiger partial charge in [0, 0.05) is 12.7 Å². The van der Waals surface area contributed by atoms with E-state index in [1.54, 1.807) is 24.3 Å². The molecular formula is C21H19N5O2S. The number of hydrogen-bond acceptors (Lipinski definition) is 5. The molecule has 2 N–H and O–H groups in total. The molecule has 0 saturated heterocycles. The summed E-state index contributed by atoms with van der Waals surface area (Å²) in [5.74, 6) is -0.0150. The van der Waals surface area contributed by atoms with Gasteiger partial charge >= 0.3 is 0 Å². The monoisotopic (exact) mass is 405 g/mol. The number of fused-ring (bicyclic) bond motifs is 1. The molecule has 4 aromatic rings. The molecule has 1 aromatic carbocycles. The number of nitrogens with zero attached hydrogens (tertiary/aromatic N) is 3. The number of pyridine rings is 1. The number of aromatic nitrogens is 3. The number of benzene rings is 1. The fourth-order valence-corrected chi connectivity index (χ4v) is 3.93. The van der Waals surface area contributed by atoms with E-state index < -0.39 is 5.91 Å². The Bertz CT molecular complexity index is 1170. The van der Waals surface area contributed by atoms with Gasteiger partial charge in [0.25, 0.3) is 11.8 Å². The first-order valence-corrected chi connectivity index (χ1v) is 10.1. The van der Waals surface area contributed by atoms with E-state index in [1.165, 1.54) is 17.5 Å². The van der Waals surface area contributed by atoms with Gasteiger partial charge in [0.2, 0.25) is 0 Å². The molecule has 3 aromatic heterocycles. The number of thiophene rings is 1. The number of hydrogen-bond donors (Lipinski definition) is 2. The second kappa shape index (κ2) is 8.24. The molecule has 0 aliphatic heterocycles. The van der Waals surface area contributed by atoms with Gasteiger partial charge in [-0.05, 0) is 42.8 Å². The van der Waals surface area contributed by atoms with E-state index in [-0.39, 0.29) is 11.6 Å². The van der Waals surface area contributed by atoms with Crippen LogP contribution in [0.4, 0.5) is 0 Å². The first-order chi connectivity index (χ1) is 14.2. The van der Waals surface area contributed by atoms with E-state index in [0.717, 1.165) is 34.7 Å². The maximum atomic E-state index is 12.4. The Morgan fingerprint density at radius 3 is 2.59 bits per heavy atom. The zero-order valence-electron chi connectivity index (χ0n) is 15.8. The highest BCUT2D eigenvalue weighted by molar-refractivity contribution is 7.17. The van der Waals surface area contributed by atoms with Gasteiger partial charge in [-0.2, -0.15) is 0 Å². The van der Waals surface area contributed by atoms with E-state index >= 15 is 0 Å². The number of aryl methyl sites for hydroxylation is 1. The van der Waals surface area contributed by atoms with Crippen molar-refractivity contribution in [1.82, 2.24) is 25.4 Å². The number of hydrazine groups is 1. The topological polar surface area (TPSA) is 88.9 Å². The highest BCUT2D eigenvalue weighted by atomic mass is 32.1. The van der Waals surface area contributed by atoms with E-state index in [9.17, 15) is 9.59 Å². The highest BCUT2D eigenvalue weighted by Crippen LogP contribution is 2.30. The van der Waals surface area contributed by atoms with E-state index in [0.29, 0.717) is 4.88 Å². The fourth-order valence-electron chi connectivity index (χ4n) is 3.03. The molecule has 0 radical (unpaired) electrons. The second-order valence-electron chi connectivity index (χ2n) is 6.36. The summed E-state index contributed by atoms with van der Waals surface area (Å²) in [6.45, 7) is 2.96. The summed E-state index contributed by atoms with van der Waals surface area (Å²) in [4.78, 5) is 34.6. The van der Waals surface area contributed by atoms with Crippen LogP contribution in [-0.2, 0) is 6.54 Å². The van der Waals surface area contributed by atoms with Gasteiger partial charge in [0.05, 0.1) is 20.8 Å². The summed E-state index contributed by atoms with van der Waals surface area (Å²) in [7, 11) is 0. The Hall–Kier alpha value is -3.52. The predicted molar refractivity (Wildman–Crippen MR) is 113 cm³/mol. The van der Waals surface area contributed by atoms with Crippen LogP contribution in [-0.4, -0.2) is 26.3 Å². The Morgan fingerprint density at radius 2 is 1.79 bits per heavy atom. The third-order valence-corrected chi connectivity index (χ3v) is 5.42. The van der Waals surface area contributed by atoms with Crippen molar-refractivity contribution in [2.45, 2.75) is 19.9 Å². The lowest BCUT2D eigenvalue weighted by Gasteiger charge is -2.06. The number of para-hydroxylation sites is 2. The Kier molecular flexibility index (Phi) is 5.35. The lowest BCUT2D eigenvalue weighted by molar-refractivity contribution is 0.0846. The zero-order valence-corrected chi connectivity index (χ0v) is 16.6. The molecule has 4 rings (SSSR count). The fraction of sp³-hybridized carbons (Fsp3) is 0.143. The van der Waals surface area contributed by atoms with E-state index in [4.69, 9.17) is 4.98 Å². The van der Waals surface area contributed by atoms with Gasteiger partial charge in [-0.25, -0.2) is 4.98 Å². The average molecular weight is 405 g/mol. The van der Waals surface area contributed by atoms with E-state index in [1.807, 2.05) is 24.3 Å². The summed E-state index contributed by atoms with van der Waals surface area (Å²) in [5, 5.41) is 0. The lowest BCUT2D eigenvalue weighted by Crippen LogP contribution is -2.41. The molecule has 2 amide bonds. The normalized spacial score (nSPS) is 10.8. The van der Waals surface area contributed by atoms with Gasteiger partial charge in [0.1, 0.15) is 5.69 Å². The van der Waals surface area contributed by atoms with Crippen LogP contribution in [0.3, 0.4) is 0 Å². The third-order valence-electron chi connectivity index (χ3n) is 4.34. The Balaban J connectivity index is 1.52. The van der Waals surface area contributed by atoms with Crippen LogP contribution in [0.5, 0.6) is 0 Å². The number of carbonyl (C=O) groups excluding carboxylic acids is 2. The maximum absolute atomic E-state index is 12.4. The smallest absolute Gasteiger partial charge is 0.288 e. The van der Waals surface area contributed by atoms with Crippen molar-refractivity contribution in [1.29, 1.82) is 0 Å². The van der Waals surface area contributed by atoms with E-state index in [2.05, 4.69) is 33.4 Å². The molecule has 0 aliphatic rings. The summed E-state index contributed by atoms with van der Waals surface area (Å²) in [5.41, 5.74) is 7.05. The van der Waals surface area contributed by atoms with Gasteiger partial charge in [0.15, 0.2) is 5.82 Å². The maximum Gasteiger partial charge on any atom is 0.288 e. The minimum Gasteiger partial charge on any atom is -0.323 e. The highest BCUT2D eigenvalue weighted by Gasteiger charge is 2.17. The zero-order chi connectivity index (χ0) is 20.2. The van der Waals surface area contributed by atoms with Crippen LogP contribution >= 0.6 is 11.3 Å². The number of carbonyl (C=O) groups is 2. The predicted octanol–water partition coefficient (Wildman–Crippen LogP) is 3.64. The molecular weight excluding hydrogens is 386 g/mol. The van der Waals surface area contributed by atoms with Crippen molar-refractivity contribution in [3.63, 3.8) is 0 Å². The quantitative estimate of drug-likeness (QED) is 0.496. The van der Waals surface area contributed by atoms with Crippen LogP contribution in [0, 0.1) is 0 Å².